The van der Waals surface area contributed by atoms with Gasteiger partial charge in [-0.1, -0.05) is 24.3 Å². The molecule has 2 aromatic carbocycles. The average Bonchev–Trinajstić information content (AvgIpc) is 2.63. The van der Waals surface area contributed by atoms with Gasteiger partial charge >= 0.3 is 0 Å². The highest BCUT2D eigenvalue weighted by Crippen LogP contribution is 2.25. The molecule has 0 aliphatic heterocycles. The number of benzene rings is 2. The maximum Gasteiger partial charge on any atom is 0.274 e. The normalized spacial score (nSPS) is 10.4. The molecule has 26 heavy (non-hydrogen) atoms. The Labute approximate surface area is 154 Å². The molecule has 1 N–H and O–H groups in total. The van der Waals surface area contributed by atoms with Gasteiger partial charge in [0.1, 0.15) is 5.69 Å². The molecule has 132 valence electrons. The Morgan fingerprint density at radius 1 is 0.962 bits per heavy atom. The molecule has 0 radical (unpaired) electrons. The molecular weight excluding hydrogens is 322 g/mol. The van der Waals surface area contributed by atoms with Gasteiger partial charge in [0.2, 0.25) is 0 Å². The zero-order valence-corrected chi connectivity index (χ0v) is 15.4. The molecular formula is C22H23N3O. The van der Waals surface area contributed by atoms with E-state index in [-0.39, 0.29) is 5.91 Å². The summed E-state index contributed by atoms with van der Waals surface area (Å²) in [5, 5.41) is 2.89. The molecule has 0 unspecified atom stereocenters. The fourth-order valence-corrected chi connectivity index (χ4v) is 2.91. The van der Waals surface area contributed by atoms with Gasteiger partial charge in [-0.25, -0.2) is 4.98 Å². The summed E-state index contributed by atoms with van der Waals surface area (Å²) in [5.41, 5.74) is 5.56. The van der Waals surface area contributed by atoms with Crippen molar-refractivity contribution < 1.29 is 4.79 Å². The highest BCUT2D eigenvalue weighted by atomic mass is 16.1. The summed E-state index contributed by atoms with van der Waals surface area (Å²) in [6.07, 6.45) is 1.75. The van der Waals surface area contributed by atoms with Crippen LogP contribution in [0.3, 0.4) is 0 Å². The molecule has 0 fully saturated rings. The van der Waals surface area contributed by atoms with E-state index >= 15 is 0 Å². The predicted molar refractivity (Wildman–Crippen MR) is 107 cm³/mol. The smallest absolute Gasteiger partial charge is 0.274 e. The van der Waals surface area contributed by atoms with Crippen molar-refractivity contribution >= 4 is 23.0 Å². The molecule has 0 spiro atoms. The molecule has 0 saturated carbocycles. The fourth-order valence-electron chi connectivity index (χ4n) is 2.91. The molecule has 4 heteroatoms. The van der Waals surface area contributed by atoms with Crippen molar-refractivity contribution in [2.75, 3.05) is 16.8 Å². The molecule has 1 aromatic heterocycles. The maximum atomic E-state index is 12.4. The lowest BCUT2D eigenvalue weighted by molar-refractivity contribution is 0.102. The van der Waals surface area contributed by atoms with E-state index in [4.69, 9.17) is 0 Å². The van der Waals surface area contributed by atoms with E-state index < -0.39 is 0 Å². The second-order valence-electron chi connectivity index (χ2n) is 6.31. The van der Waals surface area contributed by atoms with E-state index in [0.29, 0.717) is 5.69 Å². The molecule has 0 saturated heterocycles. The molecule has 3 rings (SSSR count). The molecule has 0 aliphatic rings. The number of aryl methyl sites for hydroxylation is 2. The first-order valence-corrected chi connectivity index (χ1v) is 8.75. The molecule has 3 aromatic rings. The predicted octanol–water partition coefficient (Wildman–Crippen LogP) is 5.11. The third-order valence-corrected chi connectivity index (χ3v) is 4.20. The van der Waals surface area contributed by atoms with Gasteiger partial charge in [0.25, 0.3) is 5.91 Å². The lowest BCUT2D eigenvalue weighted by Gasteiger charge is -2.23. The van der Waals surface area contributed by atoms with Crippen molar-refractivity contribution in [3.63, 3.8) is 0 Å². The number of hydrogen-bond donors (Lipinski definition) is 1. The van der Waals surface area contributed by atoms with Gasteiger partial charge in [0.15, 0.2) is 0 Å². The van der Waals surface area contributed by atoms with E-state index in [9.17, 15) is 4.79 Å². The average molecular weight is 345 g/mol. The number of aromatic nitrogens is 1. The van der Waals surface area contributed by atoms with Crippen LogP contribution in [0.1, 0.15) is 28.5 Å². The van der Waals surface area contributed by atoms with Crippen molar-refractivity contribution in [2.24, 2.45) is 0 Å². The van der Waals surface area contributed by atoms with E-state index in [1.165, 1.54) is 5.56 Å². The summed E-state index contributed by atoms with van der Waals surface area (Å²) in [4.78, 5) is 18.9. The number of nitrogens with one attached hydrogen (secondary N) is 1. The van der Waals surface area contributed by atoms with E-state index in [0.717, 1.165) is 29.2 Å². The summed E-state index contributed by atoms with van der Waals surface area (Å²) in [6, 6.07) is 19.8. The zero-order chi connectivity index (χ0) is 18.5. The van der Waals surface area contributed by atoms with Gasteiger partial charge in [-0.05, 0) is 68.3 Å². The first kappa shape index (κ1) is 17.7. The summed E-state index contributed by atoms with van der Waals surface area (Å²) >= 11 is 0. The maximum absolute atomic E-state index is 12.4. The van der Waals surface area contributed by atoms with Crippen LogP contribution in [0.15, 0.2) is 66.9 Å². The van der Waals surface area contributed by atoms with Gasteiger partial charge in [-0.15, -0.1) is 0 Å². The minimum absolute atomic E-state index is 0.208. The molecule has 1 amide bonds. The van der Waals surface area contributed by atoms with Gasteiger partial charge < -0.3 is 10.2 Å². The minimum Gasteiger partial charge on any atom is -0.341 e. The highest BCUT2D eigenvalue weighted by molar-refractivity contribution is 6.03. The van der Waals surface area contributed by atoms with Crippen molar-refractivity contribution in [2.45, 2.75) is 20.8 Å². The van der Waals surface area contributed by atoms with Crippen LogP contribution in [0, 0.1) is 13.8 Å². The van der Waals surface area contributed by atoms with Crippen LogP contribution in [0.2, 0.25) is 0 Å². The number of anilines is 3. The van der Waals surface area contributed by atoms with Crippen molar-refractivity contribution in [3.8, 4) is 0 Å². The third-order valence-electron chi connectivity index (χ3n) is 4.20. The molecule has 4 nitrogen and oxygen atoms in total. The van der Waals surface area contributed by atoms with E-state index in [1.807, 2.05) is 43.3 Å². The summed E-state index contributed by atoms with van der Waals surface area (Å²) in [5.74, 6) is -0.208. The number of pyridine rings is 1. The lowest BCUT2D eigenvalue weighted by Crippen LogP contribution is -2.18. The minimum atomic E-state index is -0.208. The molecule has 0 aliphatic carbocycles. The SMILES string of the molecule is CCN(c1ccc(C(=O)Nc2cccc(C)c2)nc1)c1cccc(C)c1. The van der Waals surface area contributed by atoms with Crippen LogP contribution in [-0.4, -0.2) is 17.4 Å². The second-order valence-corrected chi connectivity index (χ2v) is 6.31. The zero-order valence-electron chi connectivity index (χ0n) is 15.4. The standard InChI is InChI=1S/C22H23N3O/c1-4-25(19-10-6-8-17(3)14-19)20-11-12-21(23-15-20)22(26)24-18-9-5-7-16(2)13-18/h5-15H,4H2,1-3H3,(H,24,26). The number of carbonyl (C=O) groups excluding carboxylic acids is 1. The number of nitrogens with zero attached hydrogens (tertiary/aromatic N) is 2. The molecule has 0 bridgehead atoms. The first-order valence-electron chi connectivity index (χ1n) is 8.75. The van der Waals surface area contributed by atoms with Crippen molar-refractivity contribution in [1.82, 2.24) is 4.98 Å². The van der Waals surface area contributed by atoms with Gasteiger partial charge in [-0.2, -0.15) is 0 Å². The largest absolute Gasteiger partial charge is 0.341 e. The second kappa shape index (κ2) is 7.83. The van der Waals surface area contributed by atoms with Crippen LogP contribution in [0.25, 0.3) is 0 Å². The summed E-state index contributed by atoms with van der Waals surface area (Å²) in [6.45, 7) is 6.99. The van der Waals surface area contributed by atoms with Crippen LogP contribution < -0.4 is 10.2 Å². The van der Waals surface area contributed by atoms with Crippen molar-refractivity contribution in [1.29, 1.82) is 0 Å². The Morgan fingerprint density at radius 3 is 2.31 bits per heavy atom. The molecule has 0 atom stereocenters. The topological polar surface area (TPSA) is 45.2 Å². The molecule has 1 heterocycles. The number of rotatable bonds is 5. The van der Waals surface area contributed by atoms with E-state index in [2.05, 4.69) is 47.2 Å². The van der Waals surface area contributed by atoms with Gasteiger partial charge in [0, 0.05) is 17.9 Å². The Balaban J connectivity index is 1.77. The summed E-state index contributed by atoms with van der Waals surface area (Å²) in [7, 11) is 0. The van der Waals surface area contributed by atoms with Crippen LogP contribution >= 0.6 is 0 Å². The Kier molecular flexibility index (Phi) is 5.32. The summed E-state index contributed by atoms with van der Waals surface area (Å²) < 4.78 is 0. The van der Waals surface area contributed by atoms with Crippen LogP contribution in [0.4, 0.5) is 17.1 Å². The fraction of sp³-hybridized carbons (Fsp3) is 0.182. The Bertz CT molecular complexity index is 903. The quantitative estimate of drug-likeness (QED) is 0.699. The van der Waals surface area contributed by atoms with Crippen LogP contribution in [0.5, 0.6) is 0 Å². The van der Waals surface area contributed by atoms with Gasteiger partial charge in [-0.3, -0.25) is 4.79 Å². The van der Waals surface area contributed by atoms with Gasteiger partial charge in [0.05, 0.1) is 11.9 Å². The van der Waals surface area contributed by atoms with E-state index in [1.54, 1.807) is 12.3 Å². The Hall–Kier alpha value is -3.14. The third kappa shape index (κ3) is 4.09. The first-order chi connectivity index (χ1) is 12.6. The lowest BCUT2D eigenvalue weighted by atomic mass is 10.2. The van der Waals surface area contributed by atoms with Crippen molar-refractivity contribution in [3.05, 3.63) is 83.7 Å². The number of amides is 1. The number of hydrogen-bond acceptors (Lipinski definition) is 3. The Morgan fingerprint density at radius 2 is 1.69 bits per heavy atom. The highest BCUT2D eigenvalue weighted by Gasteiger charge is 2.11. The monoisotopic (exact) mass is 345 g/mol. The van der Waals surface area contributed by atoms with Crippen LogP contribution in [-0.2, 0) is 0 Å². The number of carbonyl (C=O) groups is 1.